The number of thioether (sulfide) groups is 1. The summed E-state index contributed by atoms with van der Waals surface area (Å²) in [5, 5.41) is 19.0. The number of aromatic nitrogens is 3. The van der Waals surface area contributed by atoms with Crippen molar-refractivity contribution in [1.82, 2.24) is 14.8 Å². The molecule has 1 fully saturated rings. The van der Waals surface area contributed by atoms with E-state index in [-0.39, 0.29) is 41.8 Å². The number of sulfone groups is 1. The number of anilines is 1. The van der Waals surface area contributed by atoms with Crippen molar-refractivity contribution in [2.24, 2.45) is 0 Å². The van der Waals surface area contributed by atoms with E-state index < -0.39 is 54.9 Å². The van der Waals surface area contributed by atoms with E-state index in [0.29, 0.717) is 10.9 Å². The van der Waals surface area contributed by atoms with Crippen LogP contribution in [0, 0.1) is 11.6 Å². The molecule has 0 bridgehead atoms. The van der Waals surface area contributed by atoms with E-state index in [1.54, 1.807) is 37.3 Å². The van der Waals surface area contributed by atoms with Gasteiger partial charge >= 0.3 is 5.51 Å². The summed E-state index contributed by atoms with van der Waals surface area (Å²) in [4.78, 5) is 15.8. The summed E-state index contributed by atoms with van der Waals surface area (Å²) in [5.41, 5.74) is -6.24. The van der Waals surface area contributed by atoms with Gasteiger partial charge in [-0.1, -0.05) is 31.2 Å². The molecule has 268 valence electrons. The van der Waals surface area contributed by atoms with Gasteiger partial charge in [0.2, 0.25) is 0 Å². The lowest BCUT2D eigenvalue weighted by Crippen LogP contribution is -2.43. The summed E-state index contributed by atoms with van der Waals surface area (Å²) in [6.07, 6.45) is 1.97. The predicted octanol–water partition coefficient (Wildman–Crippen LogP) is 6.38. The Morgan fingerprint density at radius 3 is 2.33 bits per heavy atom. The van der Waals surface area contributed by atoms with Crippen LogP contribution >= 0.6 is 11.8 Å². The lowest BCUT2D eigenvalue weighted by molar-refractivity contribution is -0.180. The Morgan fingerprint density at radius 2 is 1.69 bits per heavy atom. The van der Waals surface area contributed by atoms with Gasteiger partial charge in [-0.25, -0.2) is 26.9 Å². The fraction of sp³-hybridized carbons (Fsp3) is 0.265. The number of benzene rings is 4. The molecule has 2 heterocycles. The fourth-order valence-electron chi connectivity index (χ4n) is 5.60. The van der Waals surface area contributed by atoms with Gasteiger partial charge in [-0.2, -0.15) is 18.3 Å². The highest BCUT2D eigenvalue weighted by molar-refractivity contribution is 8.00. The molecule has 0 radical (unpaired) electrons. The van der Waals surface area contributed by atoms with Crippen LogP contribution in [0.25, 0.3) is 10.8 Å². The fourth-order valence-corrected chi connectivity index (χ4v) is 7.68. The van der Waals surface area contributed by atoms with E-state index in [1.165, 1.54) is 35.2 Å². The predicted molar refractivity (Wildman–Crippen MR) is 177 cm³/mol. The van der Waals surface area contributed by atoms with Crippen molar-refractivity contribution in [3.8, 4) is 0 Å². The molecular weight excluding hydrogens is 720 g/mol. The molecule has 1 aromatic heterocycles. The molecule has 1 saturated heterocycles. The number of carbonyl (C=O) groups excluding carboxylic acids is 1. The Hall–Kier alpha value is -4.42. The molecule has 6 rings (SSSR count). The maximum Gasteiger partial charge on any atom is 0.501 e. The minimum absolute atomic E-state index is 0.0807. The van der Waals surface area contributed by atoms with E-state index in [1.807, 2.05) is 6.07 Å². The van der Waals surface area contributed by atoms with Gasteiger partial charge in [-0.15, -0.1) is 11.8 Å². The summed E-state index contributed by atoms with van der Waals surface area (Å²) in [6, 6.07) is 17.0. The number of alkyl halides is 3. The van der Waals surface area contributed by atoms with Crippen LogP contribution < -0.4 is 5.32 Å². The minimum atomic E-state index is -5.51. The third kappa shape index (κ3) is 7.77. The summed E-state index contributed by atoms with van der Waals surface area (Å²) >= 11 is 1.33. The molecule has 2 unspecified atom stereocenters. The van der Waals surface area contributed by atoms with E-state index in [4.69, 9.17) is 9.47 Å². The monoisotopic (exact) mass is 748 g/mol. The normalized spacial score (nSPS) is 18.6. The Kier molecular flexibility index (Phi) is 10.2. The van der Waals surface area contributed by atoms with Crippen LogP contribution in [0.3, 0.4) is 0 Å². The summed E-state index contributed by atoms with van der Waals surface area (Å²) < 4.78 is 104. The minimum Gasteiger partial charge on any atom is -0.382 e. The standard InChI is InChI=1S/C34H29F5N4O6S2/c1-20(33(45,17-43-19-40-18-41-43)29-11-6-25(35)14-30(29)36)50-27-15-48-32(49-16-27)24-5-3-21-12-23(4-2-22(21)13-24)31(44)42-26-7-9-28(10-8-26)51(46,47)34(37,38)39/h2-14,18-20,27,32,45H,15-17H2,1H3,(H,42,44). The van der Waals surface area contributed by atoms with Crippen LogP contribution in [0.4, 0.5) is 27.6 Å². The molecule has 51 heavy (non-hydrogen) atoms. The van der Waals surface area contributed by atoms with Gasteiger partial charge in [0.05, 0.1) is 29.9 Å². The van der Waals surface area contributed by atoms with E-state index in [0.717, 1.165) is 41.8 Å². The van der Waals surface area contributed by atoms with Crippen molar-refractivity contribution in [2.45, 2.75) is 46.3 Å². The van der Waals surface area contributed by atoms with Gasteiger partial charge < -0.3 is 19.9 Å². The molecule has 2 N–H and O–H groups in total. The number of halogens is 5. The van der Waals surface area contributed by atoms with Gasteiger partial charge in [0, 0.05) is 33.7 Å². The molecule has 0 aliphatic carbocycles. The van der Waals surface area contributed by atoms with Crippen LogP contribution in [0.15, 0.2) is 96.4 Å². The first kappa shape index (κ1) is 36.4. The van der Waals surface area contributed by atoms with Crippen LogP contribution in [0.1, 0.15) is 34.7 Å². The quantitative estimate of drug-likeness (QED) is 0.156. The summed E-state index contributed by atoms with van der Waals surface area (Å²) in [5.74, 6) is -2.21. The van der Waals surface area contributed by atoms with Crippen molar-refractivity contribution in [2.75, 3.05) is 18.5 Å². The molecule has 1 amide bonds. The summed E-state index contributed by atoms with van der Waals surface area (Å²) in [7, 11) is -5.51. The number of hydrogen-bond acceptors (Lipinski definition) is 9. The number of carbonyl (C=O) groups is 1. The molecule has 5 aromatic rings. The van der Waals surface area contributed by atoms with Gasteiger partial charge in [-0.05, 0) is 59.3 Å². The first-order valence-corrected chi connectivity index (χ1v) is 17.7. The average molecular weight is 749 g/mol. The highest BCUT2D eigenvalue weighted by Gasteiger charge is 2.47. The number of hydrogen-bond donors (Lipinski definition) is 2. The molecule has 2 atom stereocenters. The van der Waals surface area contributed by atoms with Crippen LogP contribution in [-0.4, -0.2) is 63.4 Å². The SMILES string of the molecule is CC(SC1COC(c2ccc3cc(C(=O)Nc4ccc(S(=O)(=O)C(F)(F)F)cc4)ccc3c2)OC1)C(O)(Cn1cncn1)c1ccc(F)cc1F. The number of nitrogens with one attached hydrogen (secondary N) is 1. The van der Waals surface area contributed by atoms with E-state index in [2.05, 4.69) is 15.4 Å². The Morgan fingerprint density at radius 1 is 1.00 bits per heavy atom. The van der Waals surface area contributed by atoms with Crippen LogP contribution in [-0.2, 0) is 31.5 Å². The zero-order chi connectivity index (χ0) is 36.6. The van der Waals surface area contributed by atoms with Gasteiger partial charge in [-0.3, -0.25) is 4.79 Å². The third-order valence-corrected chi connectivity index (χ3v) is 11.3. The molecule has 17 heteroatoms. The second-order valence-corrected chi connectivity index (χ2v) is 15.4. The Labute approximate surface area is 292 Å². The molecule has 1 aliphatic rings. The van der Waals surface area contributed by atoms with Crippen molar-refractivity contribution in [3.05, 3.63) is 120 Å². The van der Waals surface area contributed by atoms with Crippen molar-refractivity contribution in [1.29, 1.82) is 0 Å². The molecule has 0 spiro atoms. The van der Waals surface area contributed by atoms with Gasteiger partial charge in [0.15, 0.2) is 6.29 Å². The first-order valence-electron chi connectivity index (χ1n) is 15.3. The van der Waals surface area contributed by atoms with Gasteiger partial charge in [0.1, 0.15) is 29.9 Å². The smallest absolute Gasteiger partial charge is 0.382 e. The van der Waals surface area contributed by atoms with E-state index >= 15 is 0 Å². The maximum atomic E-state index is 14.9. The number of aliphatic hydroxyl groups is 1. The topological polar surface area (TPSA) is 133 Å². The first-order chi connectivity index (χ1) is 24.1. The molecule has 4 aromatic carbocycles. The summed E-state index contributed by atoms with van der Waals surface area (Å²) in [6.45, 7) is 2.08. The molecule has 10 nitrogen and oxygen atoms in total. The maximum absolute atomic E-state index is 14.9. The highest BCUT2D eigenvalue weighted by atomic mass is 32.2. The second-order valence-electron chi connectivity index (χ2n) is 11.8. The molecular formula is C34H29F5N4O6S2. The average Bonchev–Trinajstić information content (AvgIpc) is 3.60. The van der Waals surface area contributed by atoms with Crippen molar-refractivity contribution >= 4 is 44.0 Å². The molecule has 0 saturated carbocycles. The lowest BCUT2D eigenvalue weighted by atomic mass is 9.90. The zero-order valence-corrected chi connectivity index (χ0v) is 28.2. The number of rotatable bonds is 10. The lowest BCUT2D eigenvalue weighted by Gasteiger charge is -2.37. The van der Waals surface area contributed by atoms with Crippen molar-refractivity contribution < 1.29 is 49.7 Å². The van der Waals surface area contributed by atoms with E-state index in [9.17, 15) is 40.3 Å². The number of ether oxygens (including phenoxy) is 2. The van der Waals surface area contributed by atoms with Gasteiger partial charge in [0.25, 0.3) is 15.7 Å². The Balaban J connectivity index is 1.08. The van der Waals surface area contributed by atoms with Crippen LogP contribution in [0.5, 0.6) is 0 Å². The number of nitrogens with zero attached hydrogens (tertiary/aromatic N) is 3. The molecule has 1 aliphatic heterocycles. The Bertz CT molecular complexity index is 2150. The number of fused-ring (bicyclic) bond motifs is 1. The zero-order valence-electron chi connectivity index (χ0n) is 26.6. The number of amides is 1. The van der Waals surface area contributed by atoms with Crippen LogP contribution in [0.2, 0.25) is 0 Å². The largest absolute Gasteiger partial charge is 0.501 e. The highest BCUT2D eigenvalue weighted by Crippen LogP contribution is 2.40. The second kappa shape index (κ2) is 14.3. The van der Waals surface area contributed by atoms with Crippen molar-refractivity contribution in [3.63, 3.8) is 0 Å². The third-order valence-electron chi connectivity index (χ3n) is 8.33.